The van der Waals surface area contributed by atoms with Gasteiger partial charge in [-0.3, -0.25) is 28.5 Å². The minimum Gasteiger partial charge on any atom is -0.462 e. The van der Waals surface area contributed by atoms with Crippen molar-refractivity contribution in [1.29, 1.82) is 0 Å². The Hall–Kier alpha value is -2.94. The molecule has 1 fully saturated rings. The molecule has 14 nitrogen and oxygen atoms in total. The Labute approximate surface area is 241 Å². The fourth-order valence-electron chi connectivity index (χ4n) is 3.88. The summed E-state index contributed by atoms with van der Waals surface area (Å²) in [7, 11) is -2.88. The molecule has 2 aromatic rings. The van der Waals surface area contributed by atoms with E-state index in [0.717, 1.165) is 10.6 Å². The van der Waals surface area contributed by atoms with Crippen LogP contribution >= 0.6 is 19.3 Å². The van der Waals surface area contributed by atoms with Crippen LogP contribution in [0.5, 0.6) is 5.75 Å². The van der Waals surface area contributed by atoms with Crippen LogP contribution in [0, 0.1) is 0 Å². The van der Waals surface area contributed by atoms with Gasteiger partial charge in [-0.05, 0) is 39.8 Å². The first-order valence-electron chi connectivity index (χ1n) is 12.7. The fraction of sp³-hybridized carbons (Fsp3) is 0.500. The third-order valence-electron chi connectivity index (χ3n) is 5.83. The average molecular weight is 615 g/mol. The van der Waals surface area contributed by atoms with Gasteiger partial charge in [0.1, 0.15) is 37.9 Å². The minimum atomic E-state index is -4.33. The standard InChI is InChI=1S/C24H33BClN4O10P/c1-13(2)37-21(33)15(4)29-41(35,40-16-8-6-5-7-9-16)36-12-17-19(39-20(32)14(3)27)24(25,26)22(38-17)30-11-10-18(31)28-23(30)34/h5-11,13-15,17,19,22H,12,25,27H2,1-4H3,(H,29,35)(H,28,31,34)/t14-,15-,17+,19+,22+,24-,41-/m0/s1. The van der Waals surface area contributed by atoms with Gasteiger partial charge in [0.25, 0.3) is 5.56 Å². The van der Waals surface area contributed by atoms with E-state index in [1.165, 1.54) is 40.0 Å². The van der Waals surface area contributed by atoms with Crippen LogP contribution in [0.15, 0.2) is 52.2 Å². The van der Waals surface area contributed by atoms with Crippen molar-refractivity contribution in [2.24, 2.45) is 5.73 Å². The average Bonchev–Trinajstić information content (AvgIpc) is 3.12. The summed E-state index contributed by atoms with van der Waals surface area (Å²) in [5.41, 5.74) is 4.21. The molecule has 0 saturated carbocycles. The van der Waals surface area contributed by atoms with Gasteiger partial charge in [-0.25, -0.2) is 9.36 Å². The minimum absolute atomic E-state index is 0.167. The Balaban J connectivity index is 1.92. The van der Waals surface area contributed by atoms with E-state index < -0.39 is 78.9 Å². The van der Waals surface area contributed by atoms with Gasteiger partial charge in [-0.2, -0.15) is 5.09 Å². The summed E-state index contributed by atoms with van der Waals surface area (Å²) in [6.45, 7) is 5.60. The molecular formula is C24H33BClN4O10P. The maximum absolute atomic E-state index is 13.9. The number of halogens is 1. The van der Waals surface area contributed by atoms with Crippen molar-refractivity contribution < 1.29 is 37.4 Å². The molecule has 0 spiro atoms. The number of rotatable bonds is 12. The van der Waals surface area contributed by atoms with Crippen molar-refractivity contribution in [3.05, 3.63) is 63.4 Å². The van der Waals surface area contributed by atoms with E-state index in [9.17, 15) is 23.7 Å². The number of ether oxygens (including phenoxy) is 3. The van der Waals surface area contributed by atoms with Crippen molar-refractivity contribution in [1.82, 2.24) is 14.6 Å². The van der Waals surface area contributed by atoms with Crippen LogP contribution in [0.1, 0.15) is 33.9 Å². The zero-order valence-electron chi connectivity index (χ0n) is 23.1. The van der Waals surface area contributed by atoms with Gasteiger partial charge < -0.3 is 24.5 Å². The van der Waals surface area contributed by atoms with E-state index in [4.69, 9.17) is 40.6 Å². The lowest BCUT2D eigenvalue weighted by atomic mass is 9.79. The maximum Gasteiger partial charge on any atom is 0.459 e. The van der Waals surface area contributed by atoms with Crippen molar-refractivity contribution in [3.8, 4) is 5.75 Å². The number of nitrogens with zero attached hydrogens (tertiary/aromatic N) is 1. The van der Waals surface area contributed by atoms with Crippen molar-refractivity contribution in [3.63, 3.8) is 0 Å². The number of carbonyl (C=O) groups excluding carboxylic acids is 2. The molecule has 4 N–H and O–H groups in total. The number of esters is 2. The molecular weight excluding hydrogens is 582 g/mol. The quantitative estimate of drug-likeness (QED) is 0.129. The van der Waals surface area contributed by atoms with E-state index in [1.807, 2.05) is 0 Å². The van der Waals surface area contributed by atoms with Gasteiger partial charge in [-0.1, -0.05) is 18.2 Å². The molecule has 7 atom stereocenters. The van der Waals surface area contributed by atoms with Crippen LogP contribution in [0.3, 0.4) is 0 Å². The third-order valence-corrected chi connectivity index (χ3v) is 7.88. The number of nitrogens with two attached hydrogens (primary N) is 1. The molecule has 1 aliphatic heterocycles. The predicted octanol–water partition coefficient (Wildman–Crippen LogP) is 0.395. The van der Waals surface area contributed by atoms with Crippen molar-refractivity contribution in [2.75, 3.05) is 6.61 Å². The normalized spacial score (nSPS) is 25.2. The fourth-order valence-corrected chi connectivity index (χ4v) is 5.72. The lowest BCUT2D eigenvalue weighted by Gasteiger charge is -2.30. The summed E-state index contributed by atoms with van der Waals surface area (Å²) < 4.78 is 41.4. The van der Waals surface area contributed by atoms with Crippen LogP contribution in [0.4, 0.5) is 0 Å². The van der Waals surface area contributed by atoms with E-state index in [0.29, 0.717) is 0 Å². The number of benzene rings is 1. The van der Waals surface area contributed by atoms with Crippen molar-refractivity contribution >= 4 is 39.1 Å². The van der Waals surface area contributed by atoms with Crippen LogP contribution < -0.4 is 26.6 Å². The van der Waals surface area contributed by atoms with Gasteiger partial charge in [0.2, 0.25) is 0 Å². The number of alkyl halides is 1. The van der Waals surface area contributed by atoms with Gasteiger partial charge in [0.15, 0.2) is 6.23 Å². The number of nitrogens with one attached hydrogen (secondary N) is 2. The smallest absolute Gasteiger partial charge is 0.459 e. The first-order valence-corrected chi connectivity index (χ1v) is 14.6. The Morgan fingerprint density at radius 3 is 2.44 bits per heavy atom. The molecule has 1 aliphatic rings. The molecule has 1 saturated heterocycles. The lowest BCUT2D eigenvalue weighted by Crippen LogP contribution is -2.49. The summed E-state index contributed by atoms with van der Waals surface area (Å²) in [4.78, 5) is 51.1. The Bertz CT molecular complexity index is 1390. The highest BCUT2D eigenvalue weighted by atomic mass is 35.5. The molecule has 1 aromatic heterocycles. The number of aromatic amines is 1. The number of para-hydroxylation sites is 1. The van der Waals surface area contributed by atoms with Crippen LogP contribution in [-0.4, -0.2) is 71.1 Å². The molecule has 41 heavy (non-hydrogen) atoms. The SMILES string of the molecule is B[C@]1(Cl)[C@H](OC(=O)[C@H](C)N)[C@@H](CO[P@@](=O)(N[C@@H](C)C(=O)OC(C)C)Oc2ccccc2)O[C@H]1n1ccc(=O)[nH]c1=O. The van der Waals surface area contributed by atoms with Gasteiger partial charge in [0.05, 0.1) is 17.5 Å². The molecule has 0 amide bonds. The van der Waals surface area contributed by atoms with Crippen molar-refractivity contribution in [2.45, 2.75) is 69.1 Å². The molecule has 0 radical (unpaired) electrons. The number of hydrogen-bond acceptors (Lipinski definition) is 11. The largest absolute Gasteiger partial charge is 0.462 e. The summed E-state index contributed by atoms with van der Waals surface area (Å²) >= 11 is 6.82. The highest BCUT2D eigenvalue weighted by Crippen LogP contribution is 2.48. The summed E-state index contributed by atoms with van der Waals surface area (Å²) in [6, 6.07) is 7.02. The second-order valence-corrected chi connectivity index (χ2v) is 12.4. The van der Waals surface area contributed by atoms with Gasteiger partial charge in [0, 0.05) is 12.3 Å². The number of hydrogen-bond donors (Lipinski definition) is 3. The van der Waals surface area contributed by atoms with E-state index in [1.54, 1.807) is 32.0 Å². The molecule has 3 rings (SSSR count). The summed E-state index contributed by atoms with van der Waals surface area (Å²) in [6.07, 6.45) is -3.01. The molecule has 2 heterocycles. The highest BCUT2D eigenvalue weighted by molar-refractivity contribution is 7.52. The molecule has 224 valence electrons. The summed E-state index contributed by atoms with van der Waals surface area (Å²) in [5, 5.41) is 2.55. The maximum atomic E-state index is 13.9. The second-order valence-electron chi connectivity index (χ2n) is 9.88. The third kappa shape index (κ3) is 8.31. The highest BCUT2D eigenvalue weighted by Gasteiger charge is 2.56. The van der Waals surface area contributed by atoms with E-state index in [-0.39, 0.29) is 5.75 Å². The van der Waals surface area contributed by atoms with Gasteiger partial charge >= 0.3 is 25.4 Å². The lowest BCUT2D eigenvalue weighted by molar-refractivity contribution is -0.154. The van der Waals surface area contributed by atoms with Crippen LogP contribution in [-0.2, 0) is 32.9 Å². The number of aromatic nitrogens is 2. The summed E-state index contributed by atoms with van der Waals surface area (Å²) in [5.74, 6) is -1.36. The molecule has 0 aliphatic carbocycles. The predicted molar refractivity (Wildman–Crippen MR) is 150 cm³/mol. The van der Waals surface area contributed by atoms with E-state index in [2.05, 4.69) is 10.1 Å². The topological polar surface area (TPSA) is 190 Å². The number of H-pyrrole nitrogens is 1. The Morgan fingerprint density at radius 1 is 1.20 bits per heavy atom. The zero-order valence-corrected chi connectivity index (χ0v) is 24.8. The first kappa shape index (κ1) is 32.6. The van der Waals surface area contributed by atoms with Crippen LogP contribution in [0.2, 0.25) is 0 Å². The Morgan fingerprint density at radius 2 is 1.85 bits per heavy atom. The molecule has 17 heteroatoms. The zero-order chi connectivity index (χ0) is 30.5. The van der Waals surface area contributed by atoms with E-state index >= 15 is 0 Å². The Kier molecular flexibility index (Phi) is 10.6. The first-order chi connectivity index (χ1) is 19.1. The van der Waals surface area contributed by atoms with Gasteiger partial charge in [-0.15, -0.1) is 11.6 Å². The molecule has 0 unspecified atom stereocenters. The number of carbonyl (C=O) groups is 2. The monoisotopic (exact) mass is 614 g/mol. The second kappa shape index (κ2) is 13.4. The van der Waals surface area contributed by atoms with Crippen LogP contribution in [0.25, 0.3) is 0 Å². The molecule has 0 bridgehead atoms. The molecule has 1 aromatic carbocycles.